The van der Waals surface area contributed by atoms with E-state index in [4.69, 9.17) is 4.42 Å². The predicted molar refractivity (Wildman–Crippen MR) is 66.4 cm³/mol. The van der Waals surface area contributed by atoms with Gasteiger partial charge in [0.2, 0.25) is 0 Å². The van der Waals surface area contributed by atoms with E-state index in [1.807, 2.05) is 12.1 Å². The zero-order valence-electron chi connectivity index (χ0n) is 10.3. The van der Waals surface area contributed by atoms with Crippen LogP contribution in [0, 0.1) is 0 Å². The van der Waals surface area contributed by atoms with Crippen LogP contribution in [0.3, 0.4) is 0 Å². The Balaban J connectivity index is 1.96. The van der Waals surface area contributed by atoms with E-state index in [1.54, 1.807) is 6.26 Å². The standard InChI is InChI=1S/C14H24O2/c1-2-3-4-5-6-7-9-13(15)12-14-10-8-11-16-14/h8,10-11,13,15H,2-7,9,12H2,1H3. The van der Waals surface area contributed by atoms with Crippen molar-refractivity contribution in [1.29, 1.82) is 0 Å². The summed E-state index contributed by atoms with van der Waals surface area (Å²) in [6, 6.07) is 3.79. The average molecular weight is 224 g/mol. The molecule has 1 aromatic heterocycles. The molecule has 0 aliphatic heterocycles. The Labute approximate surface area is 98.7 Å². The van der Waals surface area contributed by atoms with Crippen LogP contribution in [0.15, 0.2) is 22.8 Å². The molecule has 0 saturated carbocycles. The van der Waals surface area contributed by atoms with E-state index in [1.165, 1.54) is 32.1 Å². The van der Waals surface area contributed by atoms with Crippen molar-refractivity contribution in [2.45, 2.75) is 64.4 Å². The van der Waals surface area contributed by atoms with E-state index in [9.17, 15) is 5.11 Å². The molecule has 0 radical (unpaired) electrons. The first kappa shape index (κ1) is 13.3. The highest BCUT2D eigenvalue weighted by atomic mass is 16.3. The van der Waals surface area contributed by atoms with Crippen molar-refractivity contribution in [3.8, 4) is 0 Å². The van der Waals surface area contributed by atoms with E-state index >= 15 is 0 Å². The van der Waals surface area contributed by atoms with Gasteiger partial charge in [-0.1, -0.05) is 45.4 Å². The first-order valence-electron chi connectivity index (χ1n) is 6.53. The third-order valence-electron chi connectivity index (χ3n) is 2.91. The Hall–Kier alpha value is -0.760. The number of aliphatic hydroxyl groups is 1. The van der Waals surface area contributed by atoms with Gasteiger partial charge in [0, 0.05) is 6.42 Å². The molecule has 1 rings (SSSR count). The third kappa shape index (κ3) is 5.96. The summed E-state index contributed by atoms with van der Waals surface area (Å²) < 4.78 is 5.20. The van der Waals surface area contributed by atoms with Crippen molar-refractivity contribution >= 4 is 0 Å². The van der Waals surface area contributed by atoms with Crippen molar-refractivity contribution in [1.82, 2.24) is 0 Å². The number of hydrogen-bond acceptors (Lipinski definition) is 2. The molecule has 0 saturated heterocycles. The van der Waals surface area contributed by atoms with Crippen LogP contribution >= 0.6 is 0 Å². The van der Waals surface area contributed by atoms with Crippen molar-refractivity contribution in [2.24, 2.45) is 0 Å². The Morgan fingerprint density at radius 2 is 1.94 bits per heavy atom. The zero-order chi connectivity index (χ0) is 11.6. The predicted octanol–water partition coefficient (Wildman–Crippen LogP) is 3.93. The van der Waals surface area contributed by atoms with Gasteiger partial charge in [-0.15, -0.1) is 0 Å². The Morgan fingerprint density at radius 1 is 1.19 bits per heavy atom. The topological polar surface area (TPSA) is 33.4 Å². The largest absolute Gasteiger partial charge is 0.469 e. The summed E-state index contributed by atoms with van der Waals surface area (Å²) in [7, 11) is 0. The van der Waals surface area contributed by atoms with E-state index in [2.05, 4.69) is 6.92 Å². The molecule has 0 aliphatic carbocycles. The van der Waals surface area contributed by atoms with E-state index < -0.39 is 0 Å². The second-order valence-corrected chi connectivity index (χ2v) is 4.49. The second kappa shape index (κ2) is 8.40. The van der Waals surface area contributed by atoms with Crippen LogP contribution in [0.1, 0.15) is 57.6 Å². The molecular weight excluding hydrogens is 200 g/mol. The van der Waals surface area contributed by atoms with Gasteiger partial charge < -0.3 is 9.52 Å². The van der Waals surface area contributed by atoms with Gasteiger partial charge in [-0.25, -0.2) is 0 Å². The summed E-state index contributed by atoms with van der Waals surface area (Å²) in [4.78, 5) is 0. The summed E-state index contributed by atoms with van der Waals surface area (Å²) in [5.41, 5.74) is 0. The Kier molecular flexibility index (Phi) is 6.98. The molecule has 2 heteroatoms. The maximum atomic E-state index is 9.76. The lowest BCUT2D eigenvalue weighted by Gasteiger charge is -2.08. The molecular formula is C14H24O2. The van der Waals surface area contributed by atoms with E-state index in [-0.39, 0.29) is 6.10 Å². The van der Waals surface area contributed by atoms with Crippen molar-refractivity contribution < 1.29 is 9.52 Å². The van der Waals surface area contributed by atoms with Crippen LogP contribution in [-0.2, 0) is 6.42 Å². The number of rotatable bonds is 9. The number of aliphatic hydroxyl groups excluding tert-OH is 1. The summed E-state index contributed by atoms with van der Waals surface area (Å²) in [6.07, 6.45) is 10.6. The van der Waals surface area contributed by atoms with Gasteiger partial charge in [0.1, 0.15) is 5.76 Å². The monoisotopic (exact) mass is 224 g/mol. The van der Waals surface area contributed by atoms with Crippen molar-refractivity contribution in [3.05, 3.63) is 24.2 Å². The van der Waals surface area contributed by atoms with Gasteiger partial charge in [-0.2, -0.15) is 0 Å². The molecule has 16 heavy (non-hydrogen) atoms. The Morgan fingerprint density at radius 3 is 2.62 bits per heavy atom. The van der Waals surface area contributed by atoms with Crippen LogP contribution in [0.2, 0.25) is 0 Å². The minimum Gasteiger partial charge on any atom is -0.469 e. The fourth-order valence-electron chi connectivity index (χ4n) is 1.92. The first-order chi connectivity index (χ1) is 7.83. The van der Waals surface area contributed by atoms with Gasteiger partial charge in [0.15, 0.2) is 0 Å². The van der Waals surface area contributed by atoms with Crippen LogP contribution in [0.25, 0.3) is 0 Å². The molecule has 1 atom stereocenters. The zero-order valence-corrected chi connectivity index (χ0v) is 10.3. The van der Waals surface area contributed by atoms with Crippen LogP contribution in [0.4, 0.5) is 0 Å². The number of unbranched alkanes of at least 4 members (excludes halogenated alkanes) is 5. The highest BCUT2D eigenvalue weighted by Gasteiger charge is 2.06. The van der Waals surface area contributed by atoms with Gasteiger partial charge >= 0.3 is 0 Å². The highest BCUT2D eigenvalue weighted by molar-refractivity contribution is 4.99. The van der Waals surface area contributed by atoms with Crippen LogP contribution in [-0.4, -0.2) is 11.2 Å². The minimum atomic E-state index is -0.239. The van der Waals surface area contributed by atoms with Crippen LogP contribution < -0.4 is 0 Å². The summed E-state index contributed by atoms with van der Waals surface area (Å²) in [5, 5.41) is 9.76. The lowest BCUT2D eigenvalue weighted by molar-refractivity contribution is 0.154. The fourth-order valence-corrected chi connectivity index (χ4v) is 1.92. The second-order valence-electron chi connectivity index (χ2n) is 4.49. The fraction of sp³-hybridized carbons (Fsp3) is 0.714. The lowest BCUT2D eigenvalue weighted by atomic mass is 10.0. The Bertz CT molecular complexity index is 241. The molecule has 1 unspecified atom stereocenters. The lowest BCUT2D eigenvalue weighted by Crippen LogP contribution is -2.09. The molecule has 0 spiro atoms. The number of hydrogen-bond donors (Lipinski definition) is 1. The molecule has 0 fully saturated rings. The molecule has 0 bridgehead atoms. The molecule has 92 valence electrons. The van der Waals surface area contributed by atoms with Gasteiger partial charge in [-0.05, 0) is 18.6 Å². The van der Waals surface area contributed by atoms with Gasteiger partial charge in [0.05, 0.1) is 12.4 Å². The highest BCUT2D eigenvalue weighted by Crippen LogP contribution is 2.12. The molecule has 0 aliphatic rings. The normalized spacial score (nSPS) is 12.9. The summed E-state index contributed by atoms with van der Waals surface area (Å²) in [5.74, 6) is 0.887. The maximum absolute atomic E-state index is 9.76. The van der Waals surface area contributed by atoms with Crippen molar-refractivity contribution in [2.75, 3.05) is 0 Å². The smallest absolute Gasteiger partial charge is 0.106 e. The molecule has 1 N–H and O–H groups in total. The van der Waals surface area contributed by atoms with Crippen molar-refractivity contribution in [3.63, 3.8) is 0 Å². The summed E-state index contributed by atoms with van der Waals surface area (Å²) in [6.45, 7) is 2.23. The summed E-state index contributed by atoms with van der Waals surface area (Å²) >= 11 is 0. The van der Waals surface area contributed by atoms with Gasteiger partial charge in [-0.3, -0.25) is 0 Å². The molecule has 0 amide bonds. The minimum absolute atomic E-state index is 0.239. The maximum Gasteiger partial charge on any atom is 0.106 e. The molecule has 1 aromatic rings. The van der Waals surface area contributed by atoms with Crippen LogP contribution in [0.5, 0.6) is 0 Å². The molecule has 1 heterocycles. The van der Waals surface area contributed by atoms with Gasteiger partial charge in [0.25, 0.3) is 0 Å². The average Bonchev–Trinajstić information content (AvgIpc) is 2.76. The quantitative estimate of drug-likeness (QED) is 0.645. The SMILES string of the molecule is CCCCCCCCC(O)Cc1ccco1. The van der Waals surface area contributed by atoms with E-state index in [0.717, 1.165) is 18.6 Å². The molecule has 2 nitrogen and oxygen atoms in total. The van der Waals surface area contributed by atoms with E-state index in [0.29, 0.717) is 6.42 Å². The third-order valence-corrected chi connectivity index (χ3v) is 2.91. The molecule has 0 aromatic carbocycles. The first-order valence-corrected chi connectivity index (χ1v) is 6.53. The number of furan rings is 1.